The number of carbonyl (C=O) groups excluding carboxylic acids is 2. The molecule has 6 rings (SSSR count). The fourth-order valence-electron chi connectivity index (χ4n) is 6.27. The molecule has 40 heavy (non-hydrogen) atoms. The minimum Gasteiger partial charge on any atom is -0.486 e. The molecule has 3 aromatic rings. The third kappa shape index (κ3) is 5.80. The molecule has 1 saturated carbocycles. The zero-order chi connectivity index (χ0) is 27.5. The zero-order valence-electron chi connectivity index (χ0n) is 23.2. The van der Waals surface area contributed by atoms with Gasteiger partial charge in [0.25, 0.3) is 5.91 Å². The van der Waals surface area contributed by atoms with E-state index in [-0.39, 0.29) is 42.2 Å². The van der Waals surface area contributed by atoms with Crippen LogP contribution in [0.25, 0.3) is 0 Å². The van der Waals surface area contributed by atoms with Gasteiger partial charge in [-0.2, -0.15) is 0 Å². The number of hydrogen-bond acceptors (Lipinski definition) is 5. The van der Waals surface area contributed by atoms with E-state index in [1.165, 1.54) is 11.1 Å². The average Bonchev–Trinajstić information content (AvgIpc) is 3.78. The highest BCUT2D eigenvalue weighted by Gasteiger charge is 2.36. The van der Waals surface area contributed by atoms with Crippen molar-refractivity contribution in [3.63, 3.8) is 0 Å². The fraction of sp³-hybridized carbons (Fsp3) is 0.455. The Labute approximate surface area is 235 Å². The van der Waals surface area contributed by atoms with Crippen molar-refractivity contribution in [2.75, 3.05) is 19.7 Å². The van der Waals surface area contributed by atoms with Crippen LogP contribution in [0, 0.1) is 12.8 Å². The molecule has 2 aromatic carbocycles. The van der Waals surface area contributed by atoms with Crippen LogP contribution in [0.15, 0.2) is 59.0 Å². The lowest BCUT2D eigenvalue weighted by Crippen LogP contribution is -2.43. The Morgan fingerprint density at radius 3 is 2.60 bits per heavy atom. The number of nitrogens with one attached hydrogen (secondary N) is 1. The number of rotatable bonds is 8. The number of amides is 2. The molecule has 0 radical (unpaired) electrons. The highest BCUT2D eigenvalue weighted by Crippen LogP contribution is 2.40. The lowest BCUT2D eigenvalue weighted by atomic mass is 9.86. The molecule has 0 unspecified atom stereocenters. The van der Waals surface area contributed by atoms with Gasteiger partial charge in [0.2, 0.25) is 5.91 Å². The monoisotopic (exact) mass is 542 g/mol. The van der Waals surface area contributed by atoms with Gasteiger partial charge in [-0.3, -0.25) is 9.59 Å². The Bertz CT molecular complexity index is 1340. The normalized spacial score (nSPS) is 20.9. The van der Waals surface area contributed by atoms with E-state index in [4.69, 9.17) is 13.9 Å². The Morgan fingerprint density at radius 1 is 1.00 bits per heavy atom. The molecular weight excluding hydrogens is 504 g/mol. The zero-order valence-corrected chi connectivity index (χ0v) is 23.2. The predicted octanol–water partition coefficient (Wildman–Crippen LogP) is 5.74. The summed E-state index contributed by atoms with van der Waals surface area (Å²) < 4.78 is 17.5. The molecule has 210 valence electrons. The van der Waals surface area contributed by atoms with Crippen LogP contribution in [0.5, 0.6) is 5.75 Å². The van der Waals surface area contributed by atoms with Crippen LogP contribution in [0.4, 0.5) is 0 Å². The molecule has 1 N–H and O–H groups in total. The molecule has 2 aliphatic heterocycles. The van der Waals surface area contributed by atoms with E-state index < -0.39 is 0 Å². The van der Waals surface area contributed by atoms with E-state index in [0.717, 1.165) is 69.2 Å². The molecule has 2 atom stereocenters. The van der Waals surface area contributed by atoms with E-state index in [0.29, 0.717) is 18.1 Å². The van der Waals surface area contributed by atoms with E-state index >= 15 is 0 Å². The summed E-state index contributed by atoms with van der Waals surface area (Å²) >= 11 is 0. The van der Waals surface area contributed by atoms with Gasteiger partial charge in [-0.1, -0.05) is 48.7 Å². The van der Waals surface area contributed by atoms with Gasteiger partial charge >= 0.3 is 0 Å². The molecule has 1 saturated heterocycles. The van der Waals surface area contributed by atoms with Crippen LogP contribution >= 0.6 is 0 Å². The Hall–Kier alpha value is -3.58. The summed E-state index contributed by atoms with van der Waals surface area (Å²) in [4.78, 5) is 28.3. The maximum atomic E-state index is 13.7. The van der Waals surface area contributed by atoms with Gasteiger partial charge in [-0.25, -0.2) is 0 Å². The predicted molar refractivity (Wildman–Crippen MR) is 151 cm³/mol. The summed E-state index contributed by atoms with van der Waals surface area (Å²) in [5.74, 6) is 1.72. The van der Waals surface area contributed by atoms with E-state index in [1.807, 2.05) is 6.07 Å². The Balaban J connectivity index is 1.17. The van der Waals surface area contributed by atoms with Gasteiger partial charge in [0.15, 0.2) is 5.76 Å². The quantitative estimate of drug-likeness (QED) is 0.393. The third-order valence-electron chi connectivity index (χ3n) is 8.51. The standard InChI is InChI=1S/C33H38N2O5/c1-22-8-10-24(11-9-22)31-29-19-26(13-12-23(29)16-17-35(31)33(37)25-5-2-3-6-25)39-21-28-14-15-30(40-28)32(36)34-20-27-7-4-18-38-27/h8-15,19,25,27,31H,2-7,16-18,20-21H2,1H3,(H,34,36)/t27-,31-/m0/s1. The van der Waals surface area contributed by atoms with Crippen LogP contribution in [0.2, 0.25) is 0 Å². The van der Waals surface area contributed by atoms with Crippen molar-refractivity contribution >= 4 is 11.8 Å². The molecule has 7 heteroatoms. The second-order valence-electron chi connectivity index (χ2n) is 11.3. The smallest absolute Gasteiger partial charge is 0.287 e. The number of hydrogen-bond donors (Lipinski definition) is 1. The number of aryl methyl sites for hydroxylation is 1. The first kappa shape index (κ1) is 26.6. The number of ether oxygens (including phenoxy) is 2. The molecular formula is C33H38N2O5. The first-order valence-electron chi connectivity index (χ1n) is 14.7. The Kier molecular flexibility index (Phi) is 7.91. The van der Waals surface area contributed by atoms with Crippen molar-refractivity contribution in [2.24, 2.45) is 5.92 Å². The van der Waals surface area contributed by atoms with Gasteiger partial charge in [0.05, 0.1) is 12.1 Å². The van der Waals surface area contributed by atoms with Gasteiger partial charge in [-0.15, -0.1) is 0 Å². The Morgan fingerprint density at radius 2 is 1.82 bits per heavy atom. The molecule has 2 amide bonds. The number of carbonyl (C=O) groups is 2. The van der Waals surface area contributed by atoms with Crippen molar-refractivity contribution in [3.05, 3.63) is 88.4 Å². The first-order valence-corrected chi connectivity index (χ1v) is 14.7. The van der Waals surface area contributed by atoms with E-state index in [2.05, 4.69) is 53.5 Å². The van der Waals surface area contributed by atoms with E-state index in [9.17, 15) is 9.59 Å². The number of furan rings is 1. The van der Waals surface area contributed by atoms with Gasteiger partial charge in [-0.05, 0) is 80.0 Å². The van der Waals surface area contributed by atoms with Gasteiger partial charge < -0.3 is 24.1 Å². The lowest BCUT2D eigenvalue weighted by Gasteiger charge is -2.39. The second kappa shape index (κ2) is 11.9. The molecule has 2 fully saturated rings. The van der Waals surface area contributed by atoms with Crippen molar-refractivity contribution in [2.45, 2.75) is 70.6 Å². The maximum Gasteiger partial charge on any atom is 0.287 e. The van der Waals surface area contributed by atoms with Crippen LogP contribution in [-0.4, -0.2) is 42.5 Å². The minimum atomic E-state index is -0.247. The van der Waals surface area contributed by atoms with Crippen molar-refractivity contribution < 1.29 is 23.5 Å². The minimum absolute atomic E-state index is 0.0823. The SMILES string of the molecule is Cc1ccc([C@H]2c3cc(OCc4ccc(C(=O)NC[C@@H]5CCCO5)o4)ccc3CCN2C(=O)C2CCCC2)cc1. The van der Waals surface area contributed by atoms with Crippen LogP contribution < -0.4 is 10.1 Å². The third-order valence-corrected chi connectivity index (χ3v) is 8.51. The van der Waals surface area contributed by atoms with Crippen LogP contribution in [0.1, 0.15) is 83.1 Å². The highest BCUT2D eigenvalue weighted by atomic mass is 16.5. The molecule has 3 heterocycles. The van der Waals surface area contributed by atoms with Crippen molar-refractivity contribution in [1.82, 2.24) is 10.2 Å². The largest absolute Gasteiger partial charge is 0.486 e. The summed E-state index contributed by atoms with van der Waals surface area (Å²) in [6.07, 6.45) is 7.17. The number of benzene rings is 2. The first-order chi connectivity index (χ1) is 19.5. The molecule has 1 aliphatic carbocycles. The van der Waals surface area contributed by atoms with Gasteiger partial charge in [0, 0.05) is 25.6 Å². The fourth-order valence-corrected chi connectivity index (χ4v) is 6.27. The molecule has 3 aliphatic rings. The number of fused-ring (bicyclic) bond motifs is 1. The summed E-state index contributed by atoms with van der Waals surface area (Å²) in [5, 5.41) is 2.89. The van der Waals surface area contributed by atoms with Crippen molar-refractivity contribution in [1.29, 1.82) is 0 Å². The average molecular weight is 543 g/mol. The molecule has 0 spiro atoms. The summed E-state index contributed by atoms with van der Waals surface area (Å²) in [7, 11) is 0. The molecule has 0 bridgehead atoms. The highest BCUT2D eigenvalue weighted by molar-refractivity contribution is 5.91. The molecule has 1 aromatic heterocycles. The summed E-state index contributed by atoms with van der Waals surface area (Å²) in [6.45, 7) is 4.26. The second-order valence-corrected chi connectivity index (χ2v) is 11.3. The molecule has 7 nitrogen and oxygen atoms in total. The van der Waals surface area contributed by atoms with Gasteiger partial charge in [0.1, 0.15) is 18.1 Å². The topological polar surface area (TPSA) is 81.0 Å². The maximum absolute atomic E-state index is 13.7. The summed E-state index contributed by atoms with van der Waals surface area (Å²) in [5.41, 5.74) is 4.69. The van der Waals surface area contributed by atoms with E-state index in [1.54, 1.807) is 12.1 Å². The van der Waals surface area contributed by atoms with Crippen LogP contribution in [-0.2, 0) is 22.6 Å². The number of nitrogens with zero attached hydrogens (tertiary/aromatic N) is 1. The van der Waals surface area contributed by atoms with Crippen molar-refractivity contribution in [3.8, 4) is 5.75 Å². The van der Waals surface area contributed by atoms with Crippen LogP contribution in [0.3, 0.4) is 0 Å². The summed E-state index contributed by atoms with van der Waals surface area (Å²) in [6, 6.07) is 18.0. The lowest BCUT2D eigenvalue weighted by molar-refractivity contribution is -0.137.